The van der Waals surface area contributed by atoms with Crippen molar-refractivity contribution in [2.45, 2.75) is 38.6 Å². The summed E-state index contributed by atoms with van der Waals surface area (Å²) in [5.41, 5.74) is 2.72. The van der Waals surface area contributed by atoms with Crippen LogP contribution in [0.4, 0.5) is 4.39 Å². The van der Waals surface area contributed by atoms with Crippen LogP contribution in [0.15, 0.2) is 34.9 Å². The van der Waals surface area contributed by atoms with E-state index in [1.807, 2.05) is 0 Å². The Labute approximate surface area is 154 Å². The molecule has 2 aromatic heterocycles. The van der Waals surface area contributed by atoms with Gasteiger partial charge >= 0.3 is 0 Å². The quantitative estimate of drug-likeness (QED) is 0.743. The average molecular weight is 371 g/mol. The summed E-state index contributed by atoms with van der Waals surface area (Å²) in [4.78, 5) is 18.2. The van der Waals surface area contributed by atoms with Crippen molar-refractivity contribution in [3.05, 3.63) is 68.7 Å². The maximum absolute atomic E-state index is 12.9. The van der Waals surface area contributed by atoms with Gasteiger partial charge < -0.3 is 9.84 Å². The molecule has 1 aromatic carbocycles. The fourth-order valence-electron chi connectivity index (χ4n) is 3.04. The molecule has 4 rings (SSSR count). The molecule has 0 radical (unpaired) electrons. The molecule has 1 N–H and O–H groups in total. The SMILES string of the molecule is O=C(NCc1nc2c(s1)CCCC2)c1cc(Cc2ccc(F)cc2)no1. The highest BCUT2D eigenvalue weighted by Gasteiger charge is 2.17. The molecule has 5 nitrogen and oxygen atoms in total. The minimum atomic E-state index is -0.309. The molecule has 134 valence electrons. The van der Waals surface area contributed by atoms with Gasteiger partial charge in [-0.2, -0.15) is 0 Å². The number of halogens is 1. The molecule has 0 atom stereocenters. The molecule has 1 aliphatic rings. The molecule has 2 heterocycles. The van der Waals surface area contributed by atoms with Gasteiger partial charge in [-0.25, -0.2) is 9.37 Å². The number of rotatable bonds is 5. The number of amides is 1. The van der Waals surface area contributed by atoms with Gasteiger partial charge in [-0.05, 0) is 43.4 Å². The molecule has 0 spiro atoms. The van der Waals surface area contributed by atoms with Gasteiger partial charge in [0.1, 0.15) is 10.8 Å². The lowest BCUT2D eigenvalue weighted by atomic mass is 10.0. The lowest BCUT2D eigenvalue weighted by Gasteiger charge is -2.06. The first kappa shape index (κ1) is 16.9. The van der Waals surface area contributed by atoms with Crippen molar-refractivity contribution in [3.8, 4) is 0 Å². The Hall–Kier alpha value is -2.54. The zero-order valence-electron chi connectivity index (χ0n) is 14.1. The van der Waals surface area contributed by atoms with E-state index < -0.39 is 0 Å². The van der Waals surface area contributed by atoms with Gasteiger partial charge in [0.15, 0.2) is 0 Å². The van der Waals surface area contributed by atoms with E-state index >= 15 is 0 Å². The highest BCUT2D eigenvalue weighted by atomic mass is 32.1. The summed E-state index contributed by atoms with van der Waals surface area (Å²) in [5, 5.41) is 7.68. The van der Waals surface area contributed by atoms with E-state index in [1.165, 1.54) is 35.5 Å². The summed E-state index contributed by atoms with van der Waals surface area (Å²) in [5.74, 6) is -0.419. The summed E-state index contributed by atoms with van der Waals surface area (Å²) < 4.78 is 18.1. The molecule has 0 bridgehead atoms. The van der Waals surface area contributed by atoms with Gasteiger partial charge in [-0.1, -0.05) is 17.3 Å². The van der Waals surface area contributed by atoms with Gasteiger partial charge in [0.2, 0.25) is 5.76 Å². The lowest BCUT2D eigenvalue weighted by molar-refractivity contribution is 0.0914. The average Bonchev–Trinajstić information content (AvgIpc) is 3.28. The lowest BCUT2D eigenvalue weighted by Crippen LogP contribution is -2.22. The third-order valence-corrected chi connectivity index (χ3v) is 5.53. The van der Waals surface area contributed by atoms with E-state index in [-0.39, 0.29) is 17.5 Å². The molecule has 26 heavy (non-hydrogen) atoms. The van der Waals surface area contributed by atoms with Crippen LogP contribution in [0.1, 0.15) is 50.2 Å². The Morgan fingerprint density at radius 1 is 1.23 bits per heavy atom. The Balaban J connectivity index is 1.35. The van der Waals surface area contributed by atoms with Gasteiger partial charge in [0.05, 0.1) is 17.9 Å². The van der Waals surface area contributed by atoms with E-state index in [2.05, 4.69) is 15.5 Å². The molecule has 3 aromatic rings. The Morgan fingerprint density at radius 2 is 2.04 bits per heavy atom. The van der Waals surface area contributed by atoms with Crippen LogP contribution in [0.3, 0.4) is 0 Å². The van der Waals surface area contributed by atoms with E-state index in [1.54, 1.807) is 29.5 Å². The van der Waals surface area contributed by atoms with Crippen molar-refractivity contribution in [2.75, 3.05) is 0 Å². The molecule has 1 aliphatic carbocycles. The normalized spacial score (nSPS) is 13.4. The third-order valence-electron chi connectivity index (χ3n) is 4.37. The number of benzene rings is 1. The van der Waals surface area contributed by atoms with E-state index in [0.29, 0.717) is 18.7 Å². The molecule has 0 saturated carbocycles. The first-order valence-corrected chi connectivity index (χ1v) is 9.45. The molecule has 1 amide bonds. The molecule has 0 fully saturated rings. The zero-order chi connectivity index (χ0) is 17.9. The van der Waals surface area contributed by atoms with Gasteiger partial charge in [0, 0.05) is 17.4 Å². The number of nitrogens with one attached hydrogen (secondary N) is 1. The fraction of sp³-hybridized carbons (Fsp3) is 0.316. The third kappa shape index (κ3) is 3.83. The monoisotopic (exact) mass is 371 g/mol. The van der Waals surface area contributed by atoms with Crippen molar-refractivity contribution >= 4 is 17.2 Å². The topological polar surface area (TPSA) is 68.0 Å². The van der Waals surface area contributed by atoms with Gasteiger partial charge in [-0.15, -0.1) is 11.3 Å². The van der Waals surface area contributed by atoms with Crippen LogP contribution in [-0.4, -0.2) is 16.0 Å². The van der Waals surface area contributed by atoms with Crippen LogP contribution in [0, 0.1) is 5.82 Å². The van der Waals surface area contributed by atoms with Crippen LogP contribution in [-0.2, 0) is 25.8 Å². The zero-order valence-corrected chi connectivity index (χ0v) is 14.9. The second-order valence-electron chi connectivity index (χ2n) is 6.35. The first-order valence-electron chi connectivity index (χ1n) is 8.63. The number of aryl methyl sites for hydroxylation is 2. The minimum Gasteiger partial charge on any atom is -0.351 e. The molecule has 0 saturated heterocycles. The predicted molar refractivity (Wildman–Crippen MR) is 95.6 cm³/mol. The molecule has 0 unspecified atom stereocenters. The molecular weight excluding hydrogens is 353 g/mol. The smallest absolute Gasteiger partial charge is 0.290 e. The maximum atomic E-state index is 12.9. The second-order valence-corrected chi connectivity index (χ2v) is 7.52. The molecular formula is C19H18FN3O2S. The Morgan fingerprint density at radius 3 is 2.85 bits per heavy atom. The maximum Gasteiger partial charge on any atom is 0.290 e. The van der Waals surface area contributed by atoms with Crippen molar-refractivity contribution in [1.82, 2.24) is 15.5 Å². The number of fused-ring (bicyclic) bond motifs is 1. The van der Waals surface area contributed by atoms with Gasteiger partial charge in [-0.3, -0.25) is 4.79 Å². The highest BCUT2D eigenvalue weighted by Crippen LogP contribution is 2.26. The largest absolute Gasteiger partial charge is 0.351 e. The predicted octanol–water partition coefficient (Wildman–Crippen LogP) is 3.67. The summed E-state index contributed by atoms with van der Waals surface area (Å²) in [7, 11) is 0. The molecule has 7 heteroatoms. The summed E-state index contributed by atoms with van der Waals surface area (Å²) in [6.07, 6.45) is 5.02. The number of carbonyl (C=O) groups excluding carboxylic acids is 1. The number of nitrogens with zero attached hydrogens (tertiary/aromatic N) is 2. The number of thiazole rings is 1. The van der Waals surface area contributed by atoms with Crippen LogP contribution >= 0.6 is 11.3 Å². The first-order chi connectivity index (χ1) is 12.7. The van der Waals surface area contributed by atoms with Crippen molar-refractivity contribution < 1.29 is 13.7 Å². The number of aromatic nitrogens is 2. The molecule has 0 aliphatic heterocycles. The van der Waals surface area contributed by atoms with Crippen molar-refractivity contribution in [3.63, 3.8) is 0 Å². The Bertz CT molecular complexity index is 894. The van der Waals surface area contributed by atoms with Crippen molar-refractivity contribution in [1.29, 1.82) is 0 Å². The van der Waals surface area contributed by atoms with Crippen LogP contribution in [0.5, 0.6) is 0 Å². The minimum absolute atomic E-state index is 0.170. The standard InChI is InChI=1S/C19H18FN3O2S/c20-13-7-5-12(6-8-13)9-14-10-16(25-23-14)19(24)21-11-18-22-15-3-1-2-4-17(15)26-18/h5-8,10H,1-4,9,11H2,(H,21,24). The second kappa shape index (κ2) is 7.37. The van der Waals surface area contributed by atoms with E-state index in [9.17, 15) is 9.18 Å². The van der Waals surface area contributed by atoms with E-state index in [4.69, 9.17) is 4.52 Å². The van der Waals surface area contributed by atoms with Crippen molar-refractivity contribution in [2.24, 2.45) is 0 Å². The number of hydrogen-bond acceptors (Lipinski definition) is 5. The fourth-order valence-corrected chi connectivity index (χ4v) is 4.13. The Kier molecular flexibility index (Phi) is 4.79. The summed E-state index contributed by atoms with van der Waals surface area (Å²) in [6.45, 7) is 0.393. The van der Waals surface area contributed by atoms with Crippen LogP contribution in [0.2, 0.25) is 0 Å². The van der Waals surface area contributed by atoms with Crippen LogP contribution < -0.4 is 5.32 Å². The van der Waals surface area contributed by atoms with E-state index in [0.717, 1.165) is 23.4 Å². The summed E-state index contributed by atoms with van der Waals surface area (Å²) in [6, 6.07) is 7.79. The summed E-state index contributed by atoms with van der Waals surface area (Å²) >= 11 is 1.68. The van der Waals surface area contributed by atoms with Crippen LogP contribution in [0.25, 0.3) is 0 Å². The number of carbonyl (C=O) groups is 1. The highest BCUT2D eigenvalue weighted by molar-refractivity contribution is 7.11. The van der Waals surface area contributed by atoms with Gasteiger partial charge in [0.25, 0.3) is 5.91 Å². The number of hydrogen-bond donors (Lipinski definition) is 1.